The molecule has 1 aromatic rings. The Bertz CT molecular complexity index is 727. The molecule has 2 heterocycles. The molecule has 2 aliphatic rings. The number of rotatable bonds is 5. The van der Waals surface area contributed by atoms with Crippen LogP contribution in [0.15, 0.2) is 51.2 Å². The van der Waals surface area contributed by atoms with Crippen LogP contribution in [0.5, 0.6) is 0 Å². The number of anilines is 1. The topological polar surface area (TPSA) is 23.6 Å². The first-order valence-electron chi connectivity index (χ1n) is 8.15. The summed E-state index contributed by atoms with van der Waals surface area (Å²) in [6, 6.07) is 8.38. The van der Waals surface area contributed by atoms with Crippen LogP contribution in [-0.4, -0.2) is 28.2 Å². The molecule has 1 amide bonds. The Hall–Kier alpha value is -1.24. The van der Waals surface area contributed by atoms with Crippen LogP contribution < -0.4 is 4.90 Å². The number of unbranched alkanes of at least 4 members (excludes halogenated alkanes) is 1. The van der Waals surface area contributed by atoms with Crippen LogP contribution in [-0.2, 0) is 4.79 Å². The number of thioether (sulfide) groups is 2. The number of nitrogens with zero attached hydrogens (tertiary/aromatic N) is 2. The van der Waals surface area contributed by atoms with Crippen molar-refractivity contribution in [3.63, 3.8) is 0 Å². The van der Waals surface area contributed by atoms with Crippen molar-refractivity contribution in [3.8, 4) is 0 Å². The highest BCUT2D eigenvalue weighted by molar-refractivity contribution is 8.26. The van der Waals surface area contributed by atoms with Crippen molar-refractivity contribution >= 4 is 51.7 Å². The van der Waals surface area contributed by atoms with Crippen LogP contribution in [0.25, 0.3) is 0 Å². The number of amides is 1. The molecule has 24 heavy (non-hydrogen) atoms. The maximum atomic E-state index is 12.5. The van der Waals surface area contributed by atoms with Crippen molar-refractivity contribution in [2.75, 3.05) is 18.0 Å². The number of para-hydroxylation sites is 1. The van der Waals surface area contributed by atoms with Crippen LogP contribution in [0.3, 0.4) is 0 Å². The lowest BCUT2D eigenvalue weighted by Crippen LogP contribution is -2.28. The third-order valence-electron chi connectivity index (χ3n) is 3.94. The minimum atomic E-state index is 0.0406. The largest absolute Gasteiger partial charge is 0.335 e. The van der Waals surface area contributed by atoms with Crippen molar-refractivity contribution in [1.29, 1.82) is 0 Å². The summed E-state index contributed by atoms with van der Waals surface area (Å²) in [6.45, 7) is 5.88. The molecule has 0 unspecified atom stereocenters. The Morgan fingerprint density at radius 3 is 2.67 bits per heavy atom. The van der Waals surface area contributed by atoms with E-state index >= 15 is 0 Å². The first kappa shape index (κ1) is 17.6. The zero-order valence-electron chi connectivity index (χ0n) is 13.8. The van der Waals surface area contributed by atoms with Crippen LogP contribution in [0.2, 0.25) is 0 Å². The Balaban J connectivity index is 1.79. The Morgan fingerprint density at radius 1 is 1.12 bits per heavy atom. The SMILES string of the molecule is CCCCN1C(=O)/C(=C/C=C2\Sc3ccccc3N2CC)SC1=S. The molecule has 1 aromatic carbocycles. The van der Waals surface area contributed by atoms with Crippen molar-refractivity contribution in [1.82, 2.24) is 4.90 Å². The highest BCUT2D eigenvalue weighted by Gasteiger charge is 2.31. The van der Waals surface area contributed by atoms with E-state index in [1.54, 1.807) is 16.7 Å². The van der Waals surface area contributed by atoms with Crippen LogP contribution in [0.1, 0.15) is 26.7 Å². The van der Waals surface area contributed by atoms with E-state index in [4.69, 9.17) is 12.2 Å². The zero-order chi connectivity index (χ0) is 17.1. The molecule has 126 valence electrons. The minimum absolute atomic E-state index is 0.0406. The molecule has 3 rings (SSSR count). The Kier molecular flexibility index (Phi) is 5.69. The predicted molar refractivity (Wildman–Crippen MR) is 108 cm³/mol. The number of carbonyl (C=O) groups is 1. The van der Waals surface area contributed by atoms with Gasteiger partial charge in [0.25, 0.3) is 5.91 Å². The molecule has 0 aliphatic carbocycles. The number of benzene rings is 1. The van der Waals surface area contributed by atoms with E-state index in [0.29, 0.717) is 4.32 Å². The average Bonchev–Trinajstić information content (AvgIpc) is 3.08. The normalized spacial score (nSPS) is 20.6. The fraction of sp³-hybridized carbons (Fsp3) is 0.333. The van der Waals surface area contributed by atoms with Gasteiger partial charge in [0.05, 0.1) is 15.6 Å². The van der Waals surface area contributed by atoms with Crippen molar-refractivity contribution in [2.45, 2.75) is 31.6 Å². The second kappa shape index (κ2) is 7.76. The lowest BCUT2D eigenvalue weighted by atomic mass is 10.3. The van der Waals surface area contributed by atoms with Gasteiger partial charge in [0.2, 0.25) is 0 Å². The van der Waals surface area contributed by atoms with Crippen molar-refractivity contribution in [2.24, 2.45) is 0 Å². The number of thiocarbonyl (C=S) groups is 1. The van der Waals surface area contributed by atoms with E-state index in [1.807, 2.05) is 12.2 Å². The Labute approximate surface area is 157 Å². The number of carbonyl (C=O) groups excluding carboxylic acids is 1. The maximum absolute atomic E-state index is 12.5. The van der Waals surface area contributed by atoms with Gasteiger partial charge in [0, 0.05) is 18.0 Å². The van der Waals surface area contributed by atoms with Crippen LogP contribution in [0, 0.1) is 0 Å². The predicted octanol–water partition coefficient (Wildman–Crippen LogP) is 5.00. The molecule has 0 atom stereocenters. The molecule has 1 fully saturated rings. The van der Waals surface area contributed by atoms with Gasteiger partial charge >= 0.3 is 0 Å². The summed E-state index contributed by atoms with van der Waals surface area (Å²) in [4.78, 5) is 18.5. The van der Waals surface area contributed by atoms with E-state index < -0.39 is 0 Å². The standard InChI is InChI=1S/C18H20N2OS3/c1-3-5-12-20-17(21)15(24-18(20)22)10-11-16-19(4-2)13-8-6-7-9-14(13)23-16/h6-11H,3-5,12H2,1-2H3/b15-10-,16-11-. The van der Waals surface area contributed by atoms with Gasteiger partial charge in [-0.15, -0.1) is 0 Å². The summed E-state index contributed by atoms with van der Waals surface area (Å²) in [5, 5.41) is 1.15. The fourth-order valence-corrected chi connectivity index (χ4v) is 5.05. The molecule has 3 nitrogen and oxygen atoms in total. The zero-order valence-corrected chi connectivity index (χ0v) is 16.3. The van der Waals surface area contributed by atoms with E-state index in [-0.39, 0.29) is 5.91 Å². The van der Waals surface area contributed by atoms with Gasteiger partial charge in [-0.3, -0.25) is 9.69 Å². The van der Waals surface area contributed by atoms with E-state index in [9.17, 15) is 4.79 Å². The van der Waals surface area contributed by atoms with Crippen LogP contribution in [0.4, 0.5) is 5.69 Å². The average molecular weight is 377 g/mol. The lowest BCUT2D eigenvalue weighted by Gasteiger charge is -2.17. The third kappa shape index (κ3) is 3.41. The molecule has 0 radical (unpaired) electrons. The molecule has 0 spiro atoms. The summed E-state index contributed by atoms with van der Waals surface area (Å²) in [6.07, 6.45) is 6.00. The fourth-order valence-electron chi connectivity index (χ4n) is 2.67. The van der Waals surface area contributed by atoms with Gasteiger partial charge in [-0.1, -0.05) is 61.2 Å². The monoisotopic (exact) mass is 376 g/mol. The third-order valence-corrected chi connectivity index (χ3v) is 6.47. The Morgan fingerprint density at radius 2 is 1.92 bits per heavy atom. The molecule has 0 aromatic heterocycles. The van der Waals surface area contributed by atoms with Crippen LogP contribution >= 0.6 is 35.7 Å². The molecule has 6 heteroatoms. The lowest BCUT2D eigenvalue weighted by molar-refractivity contribution is -0.122. The summed E-state index contributed by atoms with van der Waals surface area (Å²) >= 11 is 8.50. The van der Waals surface area contributed by atoms with Gasteiger partial charge in [0.1, 0.15) is 4.32 Å². The summed E-state index contributed by atoms with van der Waals surface area (Å²) in [7, 11) is 0. The molecular weight excluding hydrogens is 356 g/mol. The molecule has 1 saturated heterocycles. The minimum Gasteiger partial charge on any atom is -0.335 e. The molecule has 0 N–H and O–H groups in total. The smallest absolute Gasteiger partial charge is 0.266 e. The second-order valence-electron chi connectivity index (χ2n) is 5.53. The number of fused-ring (bicyclic) bond motifs is 1. The molecule has 2 aliphatic heterocycles. The highest BCUT2D eigenvalue weighted by Crippen LogP contribution is 2.45. The summed E-state index contributed by atoms with van der Waals surface area (Å²) < 4.78 is 0.674. The molecule has 0 bridgehead atoms. The van der Waals surface area contributed by atoms with Gasteiger partial charge in [-0.05, 0) is 37.6 Å². The summed E-state index contributed by atoms with van der Waals surface area (Å²) in [5.74, 6) is 0.0406. The molecular formula is C18H20N2OS3. The van der Waals surface area contributed by atoms with Gasteiger partial charge < -0.3 is 4.90 Å². The number of allylic oxidation sites excluding steroid dienone is 2. The number of hydrogen-bond donors (Lipinski definition) is 0. The van der Waals surface area contributed by atoms with Gasteiger partial charge in [-0.2, -0.15) is 0 Å². The highest BCUT2D eigenvalue weighted by atomic mass is 32.2. The quantitative estimate of drug-likeness (QED) is 0.531. The van der Waals surface area contributed by atoms with Gasteiger partial charge in [-0.25, -0.2) is 0 Å². The summed E-state index contributed by atoms with van der Waals surface area (Å²) in [5.41, 5.74) is 1.24. The van der Waals surface area contributed by atoms with E-state index in [1.165, 1.54) is 22.3 Å². The van der Waals surface area contributed by atoms with E-state index in [0.717, 1.165) is 35.9 Å². The first-order chi connectivity index (χ1) is 11.7. The maximum Gasteiger partial charge on any atom is 0.266 e. The first-order valence-corrected chi connectivity index (χ1v) is 10.2. The second-order valence-corrected chi connectivity index (χ2v) is 8.27. The van der Waals surface area contributed by atoms with E-state index in [2.05, 4.69) is 43.0 Å². The van der Waals surface area contributed by atoms with Gasteiger partial charge in [0.15, 0.2) is 0 Å². The van der Waals surface area contributed by atoms with Crippen molar-refractivity contribution < 1.29 is 4.79 Å². The number of hydrogen-bond acceptors (Lipinski definition) is 5. The molecule has 0 saturated carbocycles. The van der Waals surface area contributed by atoms with Crippen molar-refractivity contribution in [3.05, 3.63) is 46.4 Å².